The third kappa shape index (κ3) is 3.13. The Balaban J connectivity index is 2.44. The molecule has 0 bridgehead atoms. The summed E-state index contributed by atoms with van der Waals surface area (Å²) in [6, 6.07) is 11.8. The minimum absolute atomic E-state index is 0.0224. The molecule has 6 heteroatoms. The Hall–Kier alpha value is -1.40. The molecular formula is C13H12ClNO3S. The highest BCUT2D eigenvalue weighted by Crippen LogP contribution is 2.27. The van der Waals surface area contributed by atoms with Crippen LogP contribution in [0, 0.1) is 0 Å². The standard InChI is InChI=1S/C13H12ClNO3S/c14-12-7-11(5-6-13(12)19(15,17)18)10-3-1-9(8-16)2-4-10/h1-7,16H,8H2,(H2,15,17,18). The van der Waals surface area contributed by atoms with E-state index in [2.05, 4.69) is 0 Å². The molecule has 0 aliphatic heterocycles. The Bertz CT molecular complexity index is 696. The highest BCUT2D eigenvalue weighted by atomic mass is 35.5. The first kappa shape index (κ1) is 14.0. The van der Waals surface area contributed by atoms with Crippen LogP contribution in [0.1, 0.15) is 5.56 Å². The summed E-state index contributed by atoms with van der Waals surface area (Å²) in [5, 5.41) is 14.1. The maximum atomic E-state index is 11.3. The average molecular weight is 298 g/mol. The van der Waals surface area contributed by atoms with Gasteiger partial charge in [0, 0.05) is 0 Å². The first-order valence-corrected chi connectivity index (χ1v) is 7.37. The first-order chi connectivity index (χ1) is 8.91. The van der Waals surface area contributed by atoms with Crippen LogP contribution >= 0.6 is 11.6 Å². The molecule has 0 aromatic heterocycles. The number of primary sulfonamides is 1. The second kappa shape index (κ2) is 5.30. The SMILES string of the molecule is NS(=O)(=O)c1ccc(-c2ccc(CO)cc2)cc1Cl. The van der Waals surface area contributed by atoms with Gasteiger partial charge in [-0.05, 0) is 28.8 Å². The van der Waals surface area contributed by atoms with E-state index in [1.165, 1.54) is 6.07 Å². The van der Waals surface area contributed by atoms with Crippen molar-refractivity contribution in [1.82, 2.24) is 0 Å². The Morgan fingerprint density at radius 2 is 1.63 bits per heavy atom. The average Bonchev–Trinajstić information content (AvgIpc) is 2.37. The van der Waals surface area contributed by atoms with E-state index in [0.717, 1.165) is 16.7 Å². The van der Waals surface area contributed by atoms with Crippen LogP contribution in [-0.2, 0) is 16.6 Å². The normalized spacial score (nSPS) is 11.5. The summed E-state index contributed by atoms with van der Waals surface area (Å²) in [7, 11) is -3.81. The molecule has 0 heterocycles. The molecule has 2 rings (SSSR count). The molecule has 0 atom stereocenters. The maximum absolute atomic E-state index is 11.3. The van der Waals surface area contributed by atoms with Crippen LogP contribution in [0.5, 0.6) is 0 Å². The number of sulfonamides is 1. The van der Waals surface area contributed by atoms with Gasteiger partial charge in [0.15, 0.2) is 0 Å². The molecule has 4 nitrogen and oxygen atoms in total. The maximum Gasteiger partial charge on any atom is 0.239 e. The molecule has 0 spiro atoms. The molecule has 3 N–H and O–H groups in total. The predicted octanol–water partition coefficient (Wildman–Crippen LogP) is 2.15. The van der Waals surface area contributed by atoms with Gasteiger partial charge in [0.25, 0.3) is 0 Å². The van der Waals surface area contributed by atoms with E-state index in [-0.39, 0.29) is 16.5 Å². The summed E-state index contributed by atoms with van der Waals surface area (Å²) < 4.78 is 22.5. The number of aliphatic hydroxyl groups excluding tert-OH is 1. The highest BCUT2D eigenvalue weighted by Gasteiger charge is 2.13. The van der Waals surface area contributed by atoms with E-state index in [1.54, 1.807) is 24.3 Å². The molecule has 0 unspecified atom stereocenters. The van der Waals surface area contributed by atoms with Crippen LogP contribution in [0.25, 0.3) is 11.1 Å². The Morgan fingerprint density at radius 3 is 2.11 bits per heavy atom. The molecule has 0 saturated heterocycles. The van der Waals surface area contributed by atoms with E-state index in [9.17, 15) is 8.42 Å². The zero-order valence-electron chi connectivity index (χ0n) is 9.88. The largest absolute Gasteiger partial charge is 0.392 e. The molecule has 0 aliphatic rings. The Kier molecular flexibility index (Phi) is 3.91. The lowest BCUT2D eigenvalue weighted by atomic mass is 10.0. The van der Waals surface area contributed by atoms with Gasteiger partial charge < -0.3 is 5.11 Å². The molecular weight excluding hydrogens is 286 g/mol. The van der Waals surface area contributed by atoms with Crippen molar-refractivity contribution >= 4 is 21.6 Å². The van der Waals surface area contributed by atoms with Crippen molar-refractivity contribution in [3.63, 3.8) is 0 Å². The third-order valence-corrected chi connectivity index (χ3v) is 4.10. The minimum Gasteiger partial charge on any atom is -0.392 e. The minimum atomic E-state index is -3.81. The van der Waals surface area contributed by atoms with Gasteiger partial charge in [0.1, 0.15) is 4.90 Å². The van der Waals surface area contributed by atoms with E-state index >= 15 is 0 Å². The highest BCUT2D eigenvalue weighted by molar-refractivity contribution is 7.89. The summed E-state index contributed by atoms with van der Waals surface area (Å²) >= 11 is 5.92. The van der Waals surface area contributed by atoms with E-state index < -0.39 is 10.0 Å². The lowest BCUT2D eigenvalue weighted by Gasteiger charge is -2.06. The van der Waals surface area contributed by atoms with E-state index in [4.69, 9.17) is 21.8 Å². The molecule has 0 saturated carbocycles. The second-order valence-corrected chi connectivity index (χ2v) is 5.98. The molecule has 2 aromatic rings. The van der Waals surface area contributed by atoms with Crippen molar-refractivity contribution in [1.29, 1.82) is 0 Å². The van der Waals surface area contributed by atoms with Crippen LogP contribution < -0.4 is 5.14 Å². The number of halogens is 1. The summed E-state index contributed by atoms with van der Waals surface area (Å²) in [5.41, 5.74) is 2.46. The van der Waals surface area contributed by atoms with Gasteiger partial charge in [-0.2, -0.15) is 0 Å². The monoisotopic (exact) mass is 297 g/mol. The van der Waals surface area contributed by atoms with Crippen molar-refractivity contribution in [2.45, 2.75) is 11.5 Å². The number of hydrogen-bond acceptors (Lipinski definition) is 3. The van der Waals surface area contributed by atoms with Crippen LogP contribution in [0.15, 0.2) is 47.4 Å². The molecule has 100 valence electrons. The number of nitrogens with two attached hydrogens (primary N) is 1. The summed E-state index contributed by atoms with van der Waals surface area (Å²) in [6.07, 6.45) is 0. The van der Waals surface area contributed by atoms with Crippen LogP contribution in [0.3, 0.4) is 0 Å². The van der Waals surface area contributed by atoms with E-state index in [1.807, 2.05) is 12.1 Å². The quantitative estimate of drug-likeness (QED) is 0.911. The van der Waals surface area contributed by atoms with Gasteiger partial charge in [0.2, 0.25) is 10.0 Å². The van der Waals surface area contributed by atoms with Gasteiger partial charge in [-0.1, -0.05) is 41.9 Å². The fourth-order valence-corrected chi connectivity index (χ4v) is 2.81. The van der Waals surface area contributed by atoms with Gasteiger partial charge in [-0.25, -0.2) is 13.6 Å². The number of hydrogen-bond donors (Lipinski definition) is 2. The molecule has 0 aliphatic carbocycles. The van der Waals surface area contributed by atoms with Crippen molar-refractivity contribution < 1.29 is 13.5 Å². The Labute approximate surface area is 116 Å². The lowest BCUT2D eigenvalue weighted by molar-refractivity contribution is 0.282. The summed E-state index contributed by atoms with van der Waals surface area (Å²) in [4.78, 5) is -0.0927. The number of benzene rings is 2. The van der Waals surface area contributed by atoms with Crippen LogP contribution in [-0.4, -0.2) is 13.5 Å². The number of aliphatic hydroxyl groups is 1. The van der Waals surface area contributed by atoms with Gasteiger partial charge >= 0.3 is 0 Å². The predicted molar refractivity (Wildman–Crippen MR) is 74.2 cm³/mol. The third-order valence-electron chi connectivity index (χ3n) is 2.71. The molecule has 19 heavy (non-hydrogen) atoms. The molecule has 0 radical (unpaired) electrons. The van der Waals surface area contributed by atoms with E-state index in [0.29, 0.717) is 0 Å². The summed E-state index contributed by atoms with van der Waals surface area (Å²) in [6.45, 7) is -0.0224. The Morgan fingerprint density at radius 1 is 1.05 bits per heavy atom. The topological polar surface area (TPSA) is 80.4 Å². The fraction of sp³-hybridized carbons (Fsp3) is 0.0769. The summed E-state index contributed by atoms with van der Waals surface area (Å²) in [5.74, 6) is 0. The first-order valence-electron chi connectivity index (χ1n) is 5.44. The van der Waals surface area contributed by atoms with Crippen molar-refractivity contribution in [2.24, 2.45) is 5.14 Å². The van der Waals surface area contributed by atoms with Crippen molar-refractivity contribution in [3.8, 4) is 11.1 Å². The fourth-order valence-electron chi connectivity index (χ4n) is 1.71. The number of rotatable bonds is 3. The van der Waals surface area contributed by atoms with Gasteiger partial charge in [-0.3, -0.25) is 0 Å². The molecule has 0 fully saturated rings. The lowest BCUT2D eigenvalue weighted by Crippen LogP contribution is -2.12. The van der Waals surface area contributed by atoms with Crippen molar-refractivity contribution in [3.05, 3.63) is 53.1 Å². The van der Waals surface area contributed by atoms with Gasteiger partial charge in [-0.15, -0.1) is 0 Å². The second-order valence-electron chi connectivity index (χ2n) is 4.05. The van der Waals surface area contributed by atoms with Gasteiger partial charge in [0.05, 0.1) is 11.6 Å². The van der Waals surface area contributed by atoms with Crippen LogP contribution in [0.2, 0.25) is 5.02 Å². The molecule has 0 amide bonds. The smallest absolute Gasteiger partial charge is 0.239 e. The van der Waals surface area contributed by atoms with Crippen molar-refractivity contribution in [2.75, 3.05) is 0 Å². The van der Waals surface area contributed by atoms with Crippen LogP contribution in [0.4, 0.5) is 0 Å². The zero-order chi connectivity index (χ0) is 14.0. The zero-order valence-corrected chi connectivity index (χ0v) is 11.4. The molecule has 2 aromatic carbocycles.